The van der Waals surface area contributed by atoms with E-state index in [0.717, 1.165) is 11.1 Å². The SMILES string of the molecule is Cc1ccc(S(=O)(=O)Nc2cc(-n3cccn3)ncn2)cc1C. The highest BCUT2D eigenvalue weighted by Crippen LogP contribution is 2.18. The maximum Gasteiger partial charge on any atom is 0.263 e. The lowest BCUT2D eigenvalue weighted by molar-refractivity contribution is 0.601. The van der Waals surface area contributed by atoms with Crippen LogP contribution in [0.4, 0.5) is 5.82 Å². The second kappa shape index (κ2) is 5.81. The quantitative estimate of drug-likeness (QED) is 0.791. The summed E-state index contributed by atoms with van der Waals surface area (Å²) in [4.78, 5) is 8.22. The van der Waals surface area contributed by atoms with Crippen LogP contribution in [0.15, 0.2) is 53.9 Å². The van der Waals surface area contributed by atoms with Gasteiger partial charge in [-0.15, -0.1) is 0 Å². The van der Waals surface area contributed by atoms with Gasteiger partial charge in [-0.05, 0) is 43.2 Å². The molecule has 3 rings (SSSR count). The summed E-state index contributed by atoms with van der Waals surface area (Å²) in [5.41, 5.74) is 1.94. The second-order valence-corrected chi connectivity index (χ2v) is 6.75. The Bertz CT molecular complexity index is 936. The van der Waals surface area contributed by atoms with Crippen molar-refractivity contribution in [3.63, 3.8) is 0 Å². The van der Waals surface area contributed by atoms with Crippen molar-refractivity contribution >= 4 is 15.8 Å². The number of aryl methyl sites for hydroxylation is 2. The van der Waals surface area contributed by atoms with Gasteiger partial charge in [0.25, 0.3) is 10.0 Å². The van der Waals surface area contributed by atoms with Crippen molar-refractivity contribution in [1.82, 2.24) is 19.7 Å². The van der Waals surface area contributed by atoms with E-state index in [4.69, 9.17) is 0 Å². The molecule has 0 aliphatic heterocycles. The lowest BCUT2D eigenvalue weighted by Gasteiger charge is -2.09. The van der Waals surface area contributed by atoms with E-state index < -0.39 is 10.0 Å². The normalized spacial score (nSPS) is 11.4. The molecule has 7 nitrogen and oxygen atoms in total. The minimum atomic E-state index is -3.71. The smallest absolute Gasteiger partial charge is 0.263 e. The highest BCUT2D eigenvalue weighted by Gasteiger charge is 2.16. The number of hydrogen-bond acceptors (Lipinski definition) is 5. The van der Waals surface area contributed by atoms with Crippen LogP contribution in [0.1, 0.15) is 11.1 Å². The van der Waals surface area contributed by atoms with Gasteiger partial charge in [-0.2, -0.15) is 5.10 Å². The fourth-order valence-electron chi connectivity index (χ4n) is 2.01. The lowest BCUT2D eigenvalue weighted by atomic mass is 10.1. The van der Waals surface area contributed by atoms with Crippen molar-refractivity contribution in [1.29, 1.82) is 0 Å². The van der Waals surface area contributed by atoms with Crippen LogP contribution >= 0.6 is 0 Å². The first-order chi connectivity index (χ1) is 11.0. The van der Waals surface area contributed by atoms with E-state index in [-0.39, 0.29) is 10.7 Å². The molecule has 0 saturated heterocycles. The molecule has 0 amide bonds. The summed E-state index contributed by atoms with van der Waals surface area (Å²) in [6, 6.07) is 8.25. The first kappa shape index (κ1) is 15.2. The molecular formula is C15H15N5O2S. The summed E-state index contributed by atoms with van der Waals surface area (Å²) in [5, 5.41) is 4.05. The number of rotatable bonds is 4. The maximum atomic E-state index is 12.5. The maximum absolute atomic E-state index is 12.5. The number of anilines is 1. The topological polar surface area (TPSA) is 89.8 Å². The van der Waals surface area contributed by atoms with Crippen molar-refractivity contribution in [3.8, 4) is 5.82 Å². The molecule has 118 valence electrons. The second-order valence-electron chi connectivity index (χ2n) is 5.06. The molecule has 0 bridgehead atoms. The zero-order valence-electron chi connectivity index (χ0n) is 12.6. The van der Waals surface area contributed by atoms with Gasteiger partial charge in [0.15, 0.2) is 5.82 Å². The molecule has 0 aliphatic rings. The third-order valence-electron chi connectivity index (χ3n) is 3.42. The Balaban J connectivity index is 1.91. The van der Waals surface area contributed by atoms with E-state index in [2.05, 4.69) is 19.8 Å². The molecule has 1 N–H and O–H groups in total. The average Bonchev–Trinajstić information content (AvgIpc) is 3.04. The standard InChI is InChI=1S/C15H15N5O2S/c1-11-4-5-13(8-12(11)2)23(21,22)19-14-9-15(17-10-16-14)20-7-3-6-18-20/h3-10H,1-2H3,(H,16,17,19). The Morgan fingerprint density at radius 3 is 2.61 bits per heavy atom. The van der Waals surface area contributed by atoms with Gasteiger partial charge in [0, 0.05) is 18.5 Å². The number of sulfonamides is 1. The van der Waals surface area contributed by atoms with Crippen LogP contribution in [0, 0.1) is 13.8 Å². The zero-order chi connectivity index (χ0) is 16.4. The van der Waals surface area contributed by atoms with Crippen molar-refractivity contribution < 1.29 is 8.42 Å². The van der Waals surface area contributed by atoms with Crippen LogP contribution in [0.25, 0.3) is 5.82 Å². The number of benzene rings is 1. The largest absolute Gasteiger partial charge is 0.263 e. The Labute approximate surface area is 134 Å². The van der Waals surface area contributed by atoms with Crippen LogP contribution in [0.3, 0.4) is 0 Å². The molecule has 2 heterocycles. The molecule has 0 unspecified atom stereocenters. The van der Waals surface area contributed by atoms with Crippen LogP contribution in [0.5, 0.6) is 0 Å². The Kier molecular flexibility index (Phi) is 3.83. The predicted molar refractivity (Wildman–Crippen MR) is 85.9 cm³/mol. The summed E-state index contributed by atoms with van der Waals surface area (Å²) in [6.45, 7) is 3.80. The van der Waals surface area contributed by atoms with Gasteiger partial charge in [0.1, 0.15) is 12.1 Å². The molecule has 0 aliphatic carbocycles. The van der Waals surface area contributed by atoms with E-state index in [1.54, 1.807) is 36.7 Å². The molecule has 0 saturated carbocycles. The van der Waals surface area contributed by atoms with E-state index >= 15 is 0 Å². The van der Waals surface area contributed by atoms with Gasteiger partial charge in [-0.3, -0.25) is 4.72 Å². The van der Waals surface area contributed by atoms with Crippen LogP contribution < -0.4 is 4.72 Å². The zero-order valence-corrected chi connectivity index (χ0v) is 13.4. The first-order valence-electron chi connectivity index (χ1n) is 6.88. The monoisotopic (exact) mass is 329 g/mol. The fourth-order valence-corrected chi connectivity index (χ4v) is 3.09. The van der Waals surface area contributed by atoms with Crippen molar-refractivity contribution in [2.75, 3.05) is 4.72 Å². The highest BCUT2D eigenvalue weighted by atomic mass is 32.2. The molecule has 0 fully saturated rings. The summed E-state index contributed by atoms with van der Waals surface area (Å²) in [6.07, 6.45) is 4.61. The van der Waals surface area contributed by atoms with Crippen molar-refractivity contribution in [3.05, 3.63) is 60.2 Å². The minimum Gasteiger partial charge on any atom is -0.263 e. The summed E-state index contributed by atoms with van der Waals surface area (Å²) in [7, 11) is -3.71. The number of aromatic nitrogens is 4. The van der Waals surface area contributed by atoms with Crippen molar-refractivity contribution in [2.45, 2.75) is 18.7 Å². The first-order valence-corrected chi connectivity index (χ1v) is 8.36. The molecule has 8 heteroatoms. The molecule has 23 heavy (non-hydrogen) atoms. The van der Waals surface area contributed by atoms with Gasteiger partial charge in [-0.25, -0.2) is 23.1 Å². The third-order valence-corrected chi connectivity index (χ3v) is 4.77. The van der Waals surface area contributed by atoms with Crippen LogP contribution in [-0.4, -0.2) is 28.2 Å². The van der Waals surface area contributed by atoms with Gasteiger partial charge >= 0.3 is 0 Å². The van der Waals surface area contributed by atoms with Crippen LogP contribution in [-0.2, 0) is 10.0 Å². The molecule has 1 aromatic carbocycles. The number of nitrogens with one attached hydrogen (secondary N) is 1. The molecule has 2 aromatic heterocycles. The van der Waals surface area contributed by atoms with E-state index in [1.807, 2.05) is 13.8 Å². The molecule has 0 spiro atoms. The summed E-state index contributed by atoms with van der Waals surface area (Å²) < 4.78 is 28.9. The van der Waals surface area contributed by atoms with E-state index in [9.17, 15) is 8.42 Å². The Morgan fingerprint density at radius 1 is 1.09 bits per heavy atom. The summed E-state index contributed by atoms with van der Waals surface area (Å²) >= 11 is 0. The van der Waals surface area contributed by atoms with Gasteiger partial charge < -0.3 is 0 Å². The minimum absolute atomic E-state index is 0.184. The van der Waals surface area contributed by atoms with E-state index in [0.29, 0.717) is 5.82 Å². The molecule has 0 atom stereocenters. The van der Waals surface area contributed by atoms with Crippen LogP contribution in [0.2, 0.25) is 0 Å². The highest BCUT2D eigenvalue weighted by molar-refractivity contribution is 7.92. The molecular weight excluding hydrogens is 314 g/mol. The lowest BCUT2D eigenvalue weighted by Crippen LogP contribution is -2.15. The average molecular weight is 329 g/mol. The summed E-state index contributed by atoms with van der Waals surface area (Å²) in [5.74, 6) is 0.659. The van der Waals surface area contributed by atoms with Gasteiger partial charge in [-0.1, -0.05) is 6.07 Å². The number of nitrogens with zero attached hydrogens (tertiary/aromatic N) is 4. The fraction of sp³-hybridized carbons (Fsp3) is 0.133. The van der Waals surface area contributed by atoms with E-state index in [1.165, 1.54) is 17.1 Å². The molecule has 0 radical (unpaired) electrons. The number of hydrogen-bond donors (Lipinski definition) is 1. The molecule has 3 aromatic rings. The third kappa shape index (κ3) is 3.21. The van der Waals surface area contributed by atoms with Gasteiger partial charge in [0.05, 0.1) is 4.90 Å². The Morgan fingerprint density at radius 2 is 1.91 bits per heavy atom. The van der Waals surface area contributed by atoms with Crippen molar-refractivity contribution in [2.24, 2.45) is 0 Å². The predicted octanol–water partition coefficient (Wildman–Crippen LogP) is 2.08. The van der Waals surface area contributed by atoms with Gasteiger partial charge in [0.2, 0.25) is 0 Å². The Hall–Kier alpha value is -2.74.